The quantitative estimate of drug-likeness (QED) is 0.911. The summed E-state index contributed by atoms with van der Waals surface area (Å²) >= 11 is 0. The highest BCUT2D eigenvalue weighted by atomic mass is 19.1. The third-order valence-corrected chi connectivity index (χ3v) is 2.44. The fourth-order valence-corrected chi connectivity index (χ4v) is 1.56. The van der Waals surface area contributed by atoms with Gasteiger partial charge in [-0.15, -0.1) is 0 Å². The van der Waals surface area contributed by atoms with Crippen LogP contribution in [0.4, 0.5) is 14.7 Å². The van der Waals surface area contributed by atoms with Crippen LogP contribution in [0.5, 0.6) is 11.5 Å². The fourth-order valence-electron chi connectivity index (χ4n) is 1.56. The molecule has 7 heteroatoms. The van der Waals surface area contributed by atoms with Crippen molar-refractivity contribution >= 4 is 5.88 Å². The van der Waals surface area contributed by atoms with Gasteiger partial charge in [0.2, 0.25) is 11.7 Å². The van der Waals surface area contributed by atoms with E-state index in [1.807, 2.05) is 0 Å². The molecule has 2 rings (SSSR count). The first-order valence-corrected chi connectivity index (χ1v) is 4.90. The van der Waals surface area contributed by atoms with E-state index in [1.54, 1.807) is 0 Å². The Morgan fingerprint density at radius 3 is 2.39 bits per heavy atom. The van der Waals surface area contributed by atoms with Crippen molar-refractivity contribution in [2.24, 2.45) is 0 Å². The van der Waals surface area contributed by atoms with Crippen LogP contribution in [-0.2, 0) is 0 Å². The lowest BCUT2D eigenvalue weighted by Crippen LogP contribution is -1.99. The Morgan fingerprint density at radius 1 is 1.17 bits per heavy atom. The third-order valence-electron chi connectivity index (χ3n) is 2.44. The number of rotatable bonds is 3. The van der Waals surface area contributed by atoms with Crippen molar-refractivity contribution in [3.05, 3.63) is 23.9 Å². The molecule has 2 N–H and O–H groups in total. The molecule has 0 aliphatic heterocycles. The van der Waals surface area contributed by atoms with Crippen LogP contribution in [-0.4, -0.2) is 19.4 Å². The van der Waals surface area contributed by atoms with Gasteiger partial charge >= 0.3 is 0 Å². The van der Waals surface area contributed by atoms with Crippen molar-refractivity contribution in [3.8, 4) is 22.6 Å². The minimum atomic E-state index is -0.920. The number of benzene rings is 1. The zero-order valence-electron chi connectivity index (χ0n) is 9.66. The van der Waals surface area contributed by atoms with Crippen molar-refractivity contribution in [1.29, 1.82) is 0 Å². The molecule has 0 spiro atoms. The number of ether oxygens (including phenoxy) is 2. The van der Waals surface area contributed by atoms with Crippen molar-refractivity contribution in [3.63, 3.8) is 0 Å². The Balaban J connectivity index is 2.72. The van der Waals surface area contributed by atoms with Gasteiger partial charge in [-0.2, -0.15) is 4.39 Å². The minimum absolute atomic E-state index is 0.0103. The van der Waals surface area contributed by atoms with E-state index in [2.05, 4.69) is 14.4 Å². The predicted octanol–water partition coefficient (Wildman–Crippen LogP) is 2.22. The first-order chi connectivity index (χ1) is 8.60. The average Bonchev–Trinajstić information content (AvgIpc) is 2.77. The topological polar surface area (TPSA) is 70.5 Å². The molecule has 0 saturated heterocycles. The van der Waals surface area contributed by atoms with Gasteiger partial charge in [-0.25, -0.2) is 4.39 Å². The molecule has 0 fully saturated rings. The van der Waals surface area contributed by atoms with E-state index in [0.717, 1.165) is 13.2 Å². The number of nitrogen functional groups attached to an aromatic ring is 1. The Kier molecular flexibility index (Phi) is 3.05. The van der Waals surface area contributed by atoms with E-state index in [4.69, 9.17) is 10.5 Å². The van der Waals surface area contributed by atoms with Crippen LogP contribution in [0, 0.1) is 11.6 Å². The monoisotopic (exact) mass is 256 g/mol. The first-order valence-electron chi connectivity index (χ1n) is 4.90. The number of hydrogen-bond donors (Lipinski definition) is 1. The highest BCUT2D eigenvalue weighted by Crippen LogP contribution is 2.38. The Bertz CT molecular complexity index is 584. The van der Waals surface area contributed by atoms with Gasteiger partial charge in [-0.1, -0.05) is 5.16 Å². The molecule has 0 atom stereocenters. The van der Waals surface area contributed by atoms with Gasteiger partial charge in [0, 0.05) is 5.56 Å². The number of halogens is 2. The number of nitrogens with two attached hydrogens (primary N) is 1. The maximum absolute atomic E-state index is 14.0. The smallest absolute Gasteiger partial charge is 0.230 e. The van der Waals surface area contributed by atoms with Crippen LogP contribution in [0.2, 0.25) is 0 Å². The molecule has 1 heterocycles. The molecule has 18 heavy (non-hydrogen) atoms. The fraction of sp³-hybridized carbons (Fsp3) is 0.182. The molecule has 1 aromatic heterocycles. The third kappa shape index (κ3) is 1.73. The largest absolute Gasteiger partial charge is 0.494 e. The minimum Gasteiger partial charge on any atom is -0.494 e. The van der Waals surface area contributed by atoms with Crippen LogP contribution in [0.3, 0.4) is 0 Å². The molecule has 5 nitrogen and oxygen atoms in total. The Hall–Kier alpha value is -2.31. The molecule has 0 radical (unpaired) electrons. The summed E-state index contributed by atoms with van der Waals surface area (Å²) in [6, 6.07) is 1.16. The number of aromatic nitrogens is 1. The second-order valence-corrected chi connectivity index (χ2v) is 3.39. The van der Waals surface area contributed by atoms with Crippen LogP contribution in [0.15, 0.2) is 16.8 Å². The molecule has 0 aliphatic carbocycles. The molecule has 0 saturated carbocycles. The summed E-state index contributed by atoms with van der Waals surface area (Å²) < 4.78 is 41.9. The van der Waals surface area contributed by atoms with Crippen LogP contribution < -0.4 is 15.2 Å². The van der Waals surface area contributed by atoms with Crippen LogP contribution >= 0.6 is 0 Å². The van der Waals surface area contributed by atoms with Gasteiger partial charge in [-0.3, -0.25) is 0 Å². The standard InChI is InChI=1S/C11H10F2N2O3/c1-16-7-3-5(6-4-15-18-11(6)14)8(12)10(17-2)9(7)13/h3-4H,14H2,1-2H3. The van der Waals surface area contributed by atoms with E-state index < -0.39 is 17.4 Å². The summed E-state index contributed by atoms with van der Waals surface area (Å²) in [4.78, 5) is 0. The van der Waals surface area contributed by atoms with Gasteiger partial charge in [-0.05, 0) is 6.07 Å². The summed E-state index contributed by atoms with van der Waals surface area (Å²) in [6.07, 6.45) is 1.23. The van der Waals surface area contributed by atoms with Gasteiger partial charge in [0.15, 0.2) is 17.3 Å². The molecular formula is C11H10F2N2O3. The van der Waals surface area contributed by atoms with Gasteiger partial charge in [0.25, 0.3) is 0 Å². The van der Waals surface area contributed by atoms with E-state index >= 15 is 0 Å². The second kappa shape index (κ2) is 4.52. The summed E-state index contributed by atoms with van der Waals surface area (Å²) in [5.74, 6) is -2.61. The lowest BCUT2D eigenvalue weighted by Gasteiger charge is -2.11. The van der Waals surface area contributed by atoms with Crippen molar-refractivity contribution in [1.82, 2.24) is 5.16 Å². The maximum Gasteiger partial charge on any atom is 0.230 e. The van der Waals surface area contributed by atoms with E-state index in [1.165, 1.54) is 13.3 Å². The van der Waals surface area contributed by atoms with Gasteiger partial charge in [0.1, 0.15) is 0 Å². The van der Waals surface area contributed by atoms with Crippen LogP contribution in [0.1, 0.15) is 0 Å². The summed E-state index contributed by atoms with van der Waals surface area (Å²) in [5, 5.41) is 3.43. The number of nitrogens with zero attached hydrogens (tertiary/aromatic N) is 1. The van der Waals surface area contributed by atoms with Crippen molar-refractivity contribution in [2.45, 2.75) is 0 Å². The van der Waals surface area contributed by atoms with Crippen LogP contribution in [0.25, 0.3) is 11.1 Å². The van der Waals surface area contributed by atoms with Crippen molar-refractivity contribution < 1.29 is 22.8 Å². The normalized spacial score (nSPS) is 10.4. The first kappa shape index (κ1) is 12.2. The molecule has 1 aromatic carbocycles. The Morgan fingerprint density at radius 2 is 1.89 bits per heavy atom. The summed E-state index contributed by atoms with van der Waals surface area (Å²) in [6.45, 7) is 0. The molecular weight excluding hydrogens is 246 g/mol. The highest BCUT2D eigenvalue weighted by molar-refractivity contribution is 5.75. The molecule has 0 bridgehead atoms. The van der Waals surface area contributed by atoms with Crippen molar-refractivity contribution in [2.75, 3.05) is 20.0 Å². The van der Waals surface area contributed by atoms with E-state index in [-0.39, 0.29) is 22.8 Å². The lowest BCUT2D eigenvalue weighted by molar-refractivity contribution is 0.334. The second-order valence-electron chi connectivity index (χ2n) is 3.39. The zero-order chi connectivity index (χ0) is 13.3. The average molecular weight is 256 g/mol. The summed E-state index contributed by atoms with van der Waals surface area (Å²) in [5.41, 5.74) is 5.68. The summed E-state index contributed by atoms with van der Waals surface area (Å²) in [7, 11) is 2.41. The highest BCUT2D eigenvalue weighted by Gasteiger charge is 2.23. The lowest BCUT2D eigenvalue weighted by atomic mass is 10.1. The van der Waals surface area contributed by atoms with Gasteiger partial charge < -0.3 is 19.7 Å². The SMILES string of the molecule is COc1cc(-c2cnoc2N)c(F)c(OC)c1F. The predicted molar refractivity (Wildman–Crippen MR) is 59.4 cm³/mol. The van der Waals surface area contributed by atoms with Gasteiger partial charge in [0.05, 0.1) is 26.0 Å². The number of hydrogen-bond acceptors (Lipinski definition) is 5. The molecule has 96 valence electrons. The molecule has 0 aliphatic rings. The molecule has 2 aromatic rings. The molecule has 0 unspecified atom stereocenters. The van der Waals surface area contributed by atoms with E-state index in [0.29, 0.717) is 0 Å². The van der Waals surface area contributed by atoms with E-state index in [9.17, 15) is 8.78 Å². The molecule has 0 amide bonds. The number of anilines is 1. The maximum atomic E-state index is 14.0. The Labute approximate surface area is 101 Å². The zero-order valence-corrected chi connectivity index (χ0v) is 9.66. The number of methoxy groups -OCH3 is 2.